The van der Waals surface area contributed by atoms with Crippen LogP contribution in [-0.2, 0) is 0 Å². The van der Waals surface area contributed by atoms with Crippen molar-refractivity contribution in [3.05, 3.63) is 30.0 Å². The number of β-amino-alcohol motifs (C(OH)–C–C–N with tert-alkyl or cyclic N) is 1. The number of aliphatic hydroxyl groups excluding tert-OH is 1. The maximum atomic E-state index is 12.4. The highest BCUT2D eigenvalue weighted by Crippen LogP contribution is 2.36. The van der Waals surface area contributed by atoms with Gasteiger partial charge in [-0.25, -0.2) is 0 Å². The summed E-state index contributed by atoms with van der Waals surface area (Å²) in [7, 11) is 0. The third-order valence-corrected chi connectivity index (χ3v) is 7.93. The molecule has 0 unspecified atom stereocenters. The molecule has 7 heteroatoms. The summed E-state index contributed by atoms with van der Waals surface area (Å²) in [5.41, 5.74) is 7.46. The molecule has 1 aromatic heterocycles. The molecule has 1 aromatic carbocycles. The third-order valence-electron chi connectivity index (χ3n) is 7.93. The van der Waals surface area contributed by atoms with Gasteiger partial charge in [-0.15, -0.1) is 0 Å². The van der Waals surface area contributed by atoms with Crippen LogP contribution in [0.2, 0.25) is 0 Å². The van der Waals surface area contributed by atoms with E-state index in [2.05, 4.69) is 20.4 Å². The Hall–Kier alpha value is -2.09. The standard InChI is InChI=1S/C26H38N4O3/c27-26(32)24-16-22-23(7-2-8-25(22)33-18-19-4-1-5-19)30(24)20-9-12-28(13-10-20)14-15-29-11-3-6-21(31)17-29/h2,7-8,16,19-21,31H,1,3-6,9-15,17-18H2,(H2,27,32)/t21-/m1/s1. The minimum Gasteiger partial charge on any atom is -0.493 e. The summed E-state index contributed by atoms with van der Waals surface area (Å²) in [5.74, 6) is 1.15. The number of benzene rings is 1. The largest absolute Gasteiger partial charge is 0.493 e. The summed E-state index contributed by atoms with van der Waals surface area (Å²) in [4.78, 5) is 17.3. The lowest BCUT2D eigenvalue weighted by atomic mass is 9.86. The summed E-state index contributed by atoms with van der Waals surface area (Å²) in [6, 6.07) is 8.33. The number of fused-ring (bicyclic) bond motifs is 1. The highest BCUT2D eigenvalue weighted by Gasteiger charge is 2.27. The minimum atomic E-state index is -0.373. The average molecular weight is 455 g/mol. The maximum Gasteiger partial charge on any atom is 0.265 e. The van der Waals surface area contributed by atoms with Gasteiger partial charge in [0.05, 0.1) is 18.2 Å². The predicted octanol–water partition coefficient (Wildman–Crippen LogP) is 3.01. The fourth-order valence-electron chi connectivity index (χ4n) is 5.72. The molecular formula is C26H38N4O3. The Kier molecular flexibility index (Phi) is 6.90. The highest BCUT2D eigenvalue weighted by atomic mass is 16.5. The molecule has 5 rings (SSSR count). The van der Waals surface area contributed by atoms with Crippen LogP contribution >= 0.6 is 0 Å². The Bertz CT molecular complexity index is 962. The van der Waals surface area contributed by atoms with Crippen LogP contribution in [0.3, 0.4) is 0 Å². The van der Waals surface area contributed by atoms with Gasteiger partial charge in [-0.2, -0.15) is 0 Å². The van der Waals surface area contributed by atoms with Crippen molar-refractivity contribution in [2.75, 3.05) is 45.9 Å². The molecule has 1 atom stereocenters. The zero-order valence-electron chi connectivity index (χ0n) is 19.6. The minimum absolute atomic E-state index is 0.165. The summed E-state index contributed by atoms with van der Waals surface area (Å²) >= 11 is 0. The Morgan fingerprint density at radius 3 is 2.52 bits per heavy atom. The van der Waals surface area contributed by atoms with E-state index in [4.69, 9.17) is 10.5 Å². The van der Waals surface area contributed by atoms with E-state index >= 15 is 0 Å². The van der Waals surface area contributed by atoms with E-state index in [9.17, 15) is 9.90 Å². The fraction of sp³-hybridized carbons (Fsp3) is 0.654. The van der Waals surface area contributed by atoms with Gasteiger partial charge in [-0.3, -0.25) is 9.69 Å². The number of nitrogens with two attached hydrogens (primary N) is 1. The number of aromatic nitrogens is 1. The average Bonchev–Trinajstić information content (AvgIpc) is 3.18. The number of hydrogen-bond acceptors (Lipinski definition) is 5. The number of aliphatic hydroxyl groups is 1. The molecule has 3 N–H and O–H groups in total. The molecule has 33 heavy (non-hydrogen) atoms. The highest BCUT2D eigenvalue weighted by molar-refractivity contribution is 5.99. The molecule has 0 bridgehead atoms. The molecule has 1 amide bonds. The summed E-state index contributed by atoms with van der Waals surface area (Å²) in [6.45, 7) is 6.72. The zero-order chi connectivity index (χ0) is 22.8. The van der Waals surface area contributed by atoms with Gasteiger partial charge in [0.25, 0.3) is 5.91 Å². The second-order valence-electron chi connectivity index (χ2n) is 10.2. The molecule has 180 valence electrons. The van der Waals surface area contributed by atoms with Crippen LogP contribution < -0.4 is 10.5 Å². The number of carbonyl (C=O) groups excluding carboxylic acids is 1. The number of ether oxygens (including phenoxy) is 1. The molecule has 0 radical (unpaired) electrons. The van der Waals surface area contributed by atoms with Gasteiger partial charge in [-0.05, 0) is 69.2 Å². The van der Waals surface area contributed by atoms with Gasteiger partial charge < -0.3 is 25.0 Å². The molecule has 3 heterocycles. The van der Waals surface area contributed by atoms with Gasteiger partial charge >= 0.3 is 0 Å². The van der Waals surface area contributed by atoms with Crippen molar-refractivity contribution in [2.24, 2.45) is 11.7 Å². The lowest BCUT2D eigenvalue weighted by molar-refractivity contribution is 0.0614. The van der Waals surface area contributed by atoms with E-state index in [0.717, 1.165) is 88.2 Å². The van der Waals surface area contributed by atoms with Crippen LogP contribution in [0.15, 0.2) is 24.3 Å². The Balaban J connectivity index is 1.26. The molecule has 2 aliphatic heterocycles. The van der Waals surface area contributed by atoms with Crippen molar-refractivity contribution in [3.63, 3.8) is 0 Å². The first-order chi connectivity index (χ1) is 16.1. The van der Waals surface area contributed by atoms with Gasteiger partial charge in [0.1, 0.15) is 11.4 Å². The monoisotopic (exact) mass is 454 g/mol. The van der Waals surface area contributed by atoms with E-state index in [1.54, 1.807) is 0 Å². The van der Waals surface area contributed by atoms with Gasteiger partial charge in [0.2, 0.25) is 0 Å². The molecule has 2 saturated heterocycles. The van der Waals surface area contributed by atoms with Crippen LogP contribution in [-0.4, -0.2) is 77.4 Å². The zero-order valence-corrected chi connectivity index (χ0v) is 19.6. The molecule has 0 spiro atoms. The van der Waals surface area contributed by atoms with Crippen LogP contribution in [0.1, 0.15) is 61.5 Å². The quantitative estimate of drug-likeness (QED) is 0.641. The van der Waals surface area contributed by atoms with Crippen molar-refractivity contribution in [3.8, 4) is 5.75 Å². The predicted molar refractivity (Wildman–Crippen MR) is 130 cm³/mol. The van der Waals surface area contributed by atoms with E-state index in [1.165, 1.54) is 19.3 Å². The lowest BCUT2D eigenvalue weighted by Gasteiger charge is -2.36. The molecule has 3 aliphatic rings. The van der Waals surface area contributed by atoms with Crippen molar-refractivity contribution in [1.82, 2.24) is 14.4 Å². The first kappa shape index (κ1) is 22.7. The number of likely N-dealkylation sites (tertiary alicyclic amines) is 2. The van der Waals surface area contributed by atoms with Crippen molar-refractivity contribution in [2.45, 2.75) is 57.1 Å². The maximum absolute atomic E-state index is 12.4. The lowest BCUT2D eigenvalue weighted by Crippen LogP contribution is -2.44. The summed E-state index contributed by atoms with van der Waals surface area (Å²) in [5, 5.41) is 10.9. The number of hydrogen-bond donors (Lipinski definition) is 2. The molecular weight excluding hydrogens is 416 g/mol. The Morgan fingerprint density at radius 1 is 1.03 bits per heavy atom. The topological polar surface area (TPSA) is 84.0 Å². The first-order valence-electron chi connectivity index (χ1n) is 12.8. The normalized spacial score (nSPS) is 23.6. The smallest absolute Gasteiger partial charge is 0.265 e. The fourth-order valence-corrected chi connectivity index (χ4v) is 5.72. The van der Waals surface area contributed by atoms with Crippen LogP contribution in [0.4, 0.5) is 0 Å². The van der Waals surface area contributed by atoms with E-state index < -0.39 is 0 Å². The number of amides is 1. The number of primary amides is 1. The number of carbonyl (C=O) groups is 1. The summed E-state index contributed by atoms with van der Waals surface area (Å²) < 4.78 is 8.35. The summed E-state index contributed by atoms with van der Waals surface area (Å²) in [6.07, 6.45) is 7.66. The molecule has 1 aliphatic carbocycles. The van der Waals surface area contributed by atoms with Crippen LogP contribution in [0.25, 0.3) is 10.9 Å². The van der Waals surface area contributed by atoms with E-state index in [1.807, 2.05) is 18.2 Å². The number of piperidine rings is 2. The Morgan fingerprint density at radius 2 is 1.82 bits per heavy atom. The van der Waals surface area contributed by atoms with Crippen LogP contribution in [0, 0.1) is 5.92 Å². The second-order valence-corrected chi connectivity index (χ2v) is 10.2. The molecule has 3 fully saturated rings. The van der Waals surface area contributed by atoms with Gasteiger partial charge in [0.15, 0.2) is 0 Å². The Labute approximate surface area is 196 Å². The van der Waals surface area contributed by atoms with Crippen LogP contribution in [0.5, 0.6) is 5.75 Å². The second kappa shape index (κ2) is 10.0. The van der Waals surface area contributed by atoms with Crippen molar-refractivity contribution >= 4 is 16.8 Å². The van der Waals surface area contributed by atoms with Gasteiger partial charge in [0, 0.05) is 44.2 Å². The third kappa shape index (κ3) is 5.05. The van der Waals surface area contributed by atoms with Crippen molar-refractivity contribution < 1.29 is 14.6 Å². The first-order valence-corrected chi connectivity index (χ1v) is 12.8. The number of rotatable bonds is 8. The van der Waals surface area contributed by atoms with E-state index in [-0.39, 0.29) is 18.1 Å². The van der Waals surface area contributed by atoms with Crippen molar-refractivity contribution in [1.29, 1.82) is 0 Å². The SMILES string of the molecule is NC(=O)c1cc2c(OCC3CCC3)cccc2n1C1CCN(CCN2CCC[C@@H](O)C2)CC1. The van der Waals surface area contributed by atoms with E-state index in [0.29, 0.717) is 11.6 Å². The molecule has 7 nitrogen and oxygen atoms in total. The molecule has 2 aromatic rings. The molecule has 1 saturated carbocycles. The van der Waals surface area contributed by atoms with Gasteiger partial charge in [-0.1, -0.05) is 12.5 Å². The number of nitrogens with zero attached hydrogens (tertiary/aromatic N) is 3.